The highest BCUT2D eigenvalue weighted by molar-refractivity contribution is 8.00. The first-order valence-electron chi connectivity index (χ1n) is 11.4. The lowest BCUT2D eigenvalue weighted by Gasteiger charge is -2.38. The fraction of sp³-hybridized carbons (Fsp3) is 0.400. The van der Waals surface area contributed by atoms with Crippen LogP contribution in [0.15, 0.2) is 59.5 Å². The van der Waals surface area contributed by atoms with Gasteiger partial charge >= 0.3 is 6.09 Å². The van der Waals surface area contributed by atoms with Gasteiger partial charge in [-0.05, 0) is 37.0 Å². The average molecular weight is 466 g/mol. The second-order valence-electron chi connectivity index (χ2n) is 8.68. The van der Waals surface area contributed by atoms with Crippen LogP contribution in [0.5, 0.6) is 0 Å². The van der Waals surface area contributed by atoms with Crippen LogP contribution in [0.25, 0.3) is 0 Å². The largest absolute Gasteiger partial charge is 0.447 e. The molecule has 1 atom stereocenters. The number of thioether (sulfide) groups is 1. The predicted octanol–water partition coefficient (Wildman–Crippen LogP) is 3.18. The molecular formula is C25H27N3O4S. The molecule has 3 aliphatic rings. The summed E-state index contributed by atoms with van der Waals surface area (Å²) in [5.41, 5.74) is 1.99. The standard InChI is InChI=1S/C25H27N3O4S/c29-23(15-27-21-8-4-5-9-22(21)33-17-24(27)30)26-12-10-19(11-13-26)28-20(16-32-25(28)31)14-18-6-2-1-3-7-18/h1-9,19-20H,10-17H2/t20-/m1/s1. The van der Waals surface area contributed by atoms with Gasteiger partial charge < -0.3 is 14.5 Å². The van der Waals surface area contributed by atoms with E-state index in [-0.39, 0.29) is 36.5 Å². The number of amides is 3. The van der Waals surface area contributed by atoms with E-state index in [1.54, 1.807) is 4.90 Å². The molecule has 2 aromatic rings. The molecule has 0 radical (unpaired) electrons. The van der Waals surface area contributed by atoms with Gasteiger partial charge in [0.05, 0.1) is 17.5 Å². The summed E-state index contributed by atoms with van der Waals surface area (Å²) in [7, 11) is 0. The molecule has 2 fully saturated rings. The van der Waals surface area contributed by atoms with Crippen LogP contribution in [-0.4, -0.2) is 71.8 Å². The molecule has 0 spiro atoms. The minimum Gasteiger partial charge on any atom is -0.447 e. The summed E-state index contributed by atoms with van der Waals surface area (Å²) < 4.78 is 5.38. The number of cyclic esters (lactones) is 1. The fourth-order valence-corrected chi connectivity index (χ4v) is 5.85. The third kappa shape index (κ3) is 4.57. The van der Waals surface area contributed by atoms with Crippen molar-refractivity contribution >= 4 is 35.4 Å². The molecule has 0 bridgehead atoms. The van der Waals surface area contributed by atoms with Crippen LogP contribution in [0, 0.1) is 0 Å². The molecule has 8 heteroatoms. The van der Waals surface area contributed by atoms with Crippen molar-refractivity contribution in [3.05, 3.63) is 60.2 Å². The fourth-order valence-electron chi connectivity index (χ4n) is 4.92. The summed E-state index contributed by atoms with van der Waals surface area (Å²) in [4.78, 5) is 44.4. The maximum absolute atomic E-state index is 13.0. The molecular weight excluding hydrogens is 438 g/mol. The number of carbonyl (C=O) groups is 3. The van der Waals surface area contributed by atoms with Crippen molar-refractivity contribution in [2.45, 2.75) is 36.2 Å². The van der Waals surface area contributed by atoms with Gasteiger partial charge in [0.25, 0.3) is 0 Å². The van der Waals surface area contributed by atoms with Crippen LogP contribution in [-0.2, 0) is 20.7 Å². The van der Waals surface area contributed by atoms with Gasteiger partial charge in [-0.25, -0.2) is 4.79 Å². The Balaban J connectivity index is 1.20. The molecule has 0 aliphatic carbocycles. The Morgan fingerprint density at radius 1 is 1.00 bits per heavy atom. The van der Waals surface area contributed by atoms with Gasteiger partial charge in [-0.2, -0.15) is 0 Å². The quantitative estimate of drug-likeness (QED) is 0.678. The molecule has 0 aromatic heterocycles. The van der Waals surface area contributed by atoms with E-state index in [2.05, 4.69) is 12.1 Å². The van der Waals surface area contributed by atoms with Crippen molar-refractivity contribution in [3.8, 4) is 0 Å². The second kappa shape index (κ2) is 9.47. The SMILES string of the molecule is O=C(CN1C(=O)CSc2ccccc21)N1CCC(N2C(=O)OC[C@H]2Cc2ccccc2)CC1. The average Bonchev–Trinajstić information content (AvgIpc) is 3.21. The highest BCUT2D eigenvalue weighted by Gasteiger charge is 2.40. The topological polar surface area (TPSA) is 70.2 Å². The Hall–Kier alpha value is -3.00. The molecule has 172 valence electrons. The minimum absolute atomic E-state index is 0.0205. The molecule has 3 amide bonds. The minimum atomic E-state index is -0.256. The summed E-state index contributed by atoms with van der Waals surface area (Å²) in [5, 5.41) is 0. The van der Waals surface area contributed by atoms with Crippen molar-refractivity contribution in [2.75, 3.05) is 36.9 Å². The van der Waals surface area contributed by atoms with Gasteiger partial charge in [0.2, 0.25) is 11.8 Å². The maximum atomic E-state index is 13.0. The molecule has 0 N–H and O–H groups in total. The number of rotatable bonds is 5. The monoisotopic (exact) mass is 465 g/mol. The zero-order valence-corrected chi connectivity index (χ0v) is 19.2. The van der Waals surface area contributed by atoms with E-state index >= 15 is 0 Å². The first kappa shape index (κ1) is 21.8. The number of ether oxygens (including phenoxy) is 1. The van der Waals surface area contributed by atoms with E-state index in [0.717, 1.165) is 17.0 Å². The van der Waals surface area contributed by atoms with Gasteiger partial charge in [0.1, 0.15) is 13.2 Å². The lowest BCUT2D eigenvalue weighted by Crippen LogP contribution is -2.52. The molecule has 0 saturated carbocycles. The van der Waals surface area contributed by atoms with E-state index in [4.69, 9.17) is 4.74 Å². The Morgan fingerprint density at radius 3 is 2.52 bits per heavy atom. The van der Waals surface area contributed by atoms with Crippen molar-refractivity contribution in [1.82, 2.24) is 9.80 Å². The van der Waals surface area contributed by atoms with Crippen LogP contribution >= 0.6 is 11.8 Å². The number of likely N-dealkylation sites (tertiary alicyclic amines) is 1. The molecule has 7 nitrogen and oxygen atoms in total. The molecule has 5 rings (SSSR count). The number of hydrogen-bond donors (Lipinski definition) is 0. The van der Waals surface area contributed by atoms with Gasteiger partial charge in [-0.1, -0.05) is 42.5 Å². The molecule has 2 saturated heterocycles. The number of hydrogen-bond acceptors (Lipinski definition) is 5. The number of benzene rings is 2. The summed E-state index contributed by atoms with van der Waals surface area (Å²) in [6.45, 7) is 1.61. The van der Waals surface area contributed by atoms with Crippen molar-refractivity contribution in [1.29, 1.82) is 0 Å². The molecule has 2 aromatic carbocycles. The number of anilines is 1. The van der Waals surface area contributed by atoms with Crippen LogP contribution in [0.1, 0.15) is 18.4 Å². The normalized spacial score (nSPS) is 21.2. The maximum Gasteiger partial charge on any atom is 0.410 e. The molecule has 0 unspecified atom stereocenters. The third-order valence-corrected chi connectivity index (χ3v) is 7.68. The zero-order valence-electron chi connectivity index (χ0n) is 18.4. The van der Waals surface area contributed by atoms with Crippen LogP contribution in [0.3, 0.4) is 0 Å². The van der Waals surface area contributed by atoms with Crippen LogP contribution < -0.4 is 4.90 Å². The van der Waals surface area contributed by atoms with Gasteiger partial charge in [0.15, 0.2) is 0 Å². The number of nitrogens with zero attached hydrogens (tertiary/aromatic N) is 3. The van der Waals surface area contributed by atoms with Crippen LogP contribution in [0.4, 0.5) is 10.5 Å². The Morgan fingerprint density at radius 2 is 1.73 bits per heavy atom. The van der Waals surface area contributed by atoms with E-state index in [1.807, 2.05) is 52.3 Å². The van der Waals surface area contributed by atoms with E-state index in [0.29, 0.717) is 38.3 Å². The Labute approximate surface area is 197 Å². The van der Waals surface area contributed by atoms with Crippen molar-refractivity contribution in [2.24, 2.45) is 0 Å². The smallest absolute Gasteiger partial charge is 0.410 e. The van der Waals surface area contributed by atoms with E-state index in [1.165, 1.54) is 17.3 Å². The molecule has 3 aliphatic heterocycles. The summed E-state index contributed by atoms with van der Waals surface area (Å²) >= 11 is 1.51. The zero-order chi connectivity index (χ0) is 22.8. The predicted molar refractivity (Wildman–Crippen MR) is 126 cm³/mol. The number of fused-ring (bicyclic) bond motifs is 1. The van der Waals surface area contributed by atoms with Gasteiger partial charge in [0, 0.05) is 24.0 Å². The van der Waals surface area contributed by atoms with Crippen molar-refractivity contribution < 1.29 is 19.1 Å². The molecule has 3 heterocycles. The lowest BCUT2D eigenvalue weighted by atomic mass is 9.99. The first-order chi connectivity index (χ1) is 16.1. The highest BCUT2D eigenvalue weighted by Crippen LogP contribution is 2.35. The number of carbonyl (C=O) groups excluding carboxylic acids is 3. The van der Waals surface area contributed by atoms with Crippen LogP contribution in [0.2, 0.25) is 0 Å². The number of para-hydroxylation sites is 1. The van der Waals surface area contributed by atoms with Gasteiger partial charge in [-0.15, -0.1) is 11.8 Å². The Bertz CT molecular complexity index is 1040. The molecule has 33 heavy (non-hydrogen) atoms. The highest BCUT2D eigenvalue weighted by atomic mass is 32.2. The van der Waals surface area contributed by atoms with E-state index in [9.17, 15) is 14.4 Å². The van der Waals surface area contributed by atoms with Crippen molar-refractivity contribution in [3.63, 3.8) is 0 Å². The lowest BCUT2D eigenvalue weighted by molar-refractivity contribution is -0.132. The first-order valence-corrected chi connectivity index (χ1v) is 12.4. The number of piperidine rings is 1. The Kier molecular flexibility index (Phi) is 6.26. The van der Waals surface area contributed by atoms with E-state index < -0.39 is 0 Å². The summed E-state index contributed by atoms with van der Waals surface area (Å²) in [6, 6.07) is 17.9. The third-order valence-electron chi connectivity index (χ3n) is 6.63. The van der Waals surface area contributed by atoms with Gasteiger partial charge in [-0.3, -0.25) is 14.5 Å². The summed E-state index contributed by atoms with van der Waals surface area (Å²) in [5.74, 6) is 0.269. The second-order valence-corrected chi connectivity index (χ2v) is 9.69. The summed E-state index contributed by atoms with van der Waals surface area (Å²) in [6.07, 6.45) is 1.94.